The molecule has 1 aromatic rings. The number of sulfone groups is 1. The van der Waals surface area contributed by atoms with Crippen molar-refractivity contribution in [2.24, 2.45) is 0 Å². The van der Waals surface area contributed by atoms with Gasteiger partial charge in [-0.1, -0.05) is 29.8 Å². The predicted octanol–water partition coefficient (Wildman–Crippen LogP) is 1.07. The van der Waals surface area contributed by atoms with E-state index in [0.717, 1.165) is 5.56 Å². The fraction of sp³-hybridized carbons (Fsp3) is 0.562. The first-order valence-electron chi connectivity index (χ1n) is 7.47. The van der Waals surface area contributed by atoms with Crippen LogP contribution in [0.15, 0.2) is 24.3 Å². The fourth-order valence-electron chi connectivity index (χ4n) is 2.64. The van der Waals surface area contributed by atoms with Crippen LogP contribution in [0.3, 0.4) is 0 Å². The van der Waals surface area contributed by atoms with E-state index in [1.54, 1.807) is 11.9 Å². The van der Waals surface area contributed by atoms with E-state index in [4.69, 9.17) is 0 Å². The van der Waals surface area contributed by atoms with Gasteiger partial charge in [0.05, 0.1) is 18.1 Å². The Morgan fingerprint density at radius 3 is 2.41 bits per heavy atom. The lowest BCUT2D eigenvalue weighted by Crippen LogP contribution is -2.41. The number of hydrogen-bond donors (Lipinski definition) is 0. The Morgan fingerprint density at radius 2 is 1.86 bits per heavy atom. The molecule has 6 heteroatoms. The van der Waals surface area contributed by atoms with Gasteiger partial charge in [0.15, 0.2) is 9.84 Å². The topological polar surface area (TPSA) is 57.7 Å². The molecule has 1 heterocycles. The van der Waals surface area contributed by atoms with Gasteiger partial charge in [0, 0.05) is 19.6 Å². The Hall–Kier alpha value is -1.40. The predicted molar refractivity (Wildman–Crippen MR) is 87.3 cm³/mol. The van der Waals surface area contributed by atoms with Crippen LogP contribution in [-0.2, 0) is 21.2 Å². The lowest BCUT2D eigenvalue weighted by Gasteiger charge is -2.25. The number of amides is 1. The molecule has 0 aliphatic carbocycles. The molecule has 1 unspecified atom stereocenters. The van der Waals surface area contributed by atoms with E-state index in [-0.39, 0.29) is 30.0 Å². The summed E-state index contributed by atoms with van der Waals surface area (Å²) in [4.78, 5) is 15.8. The van der Waals surface area contributed by atoms with Crippen molar-refractivity contribution in [1.29, 1.82) is 0 Å². The number of carbonyl (C=O) groups excluding carboxylic acids is 1. The molecule has 122 valence electrons. The highest BCUT2D eigenvalue weighted by molar-refractivity contribution is 7.91. The van der Waals surface area contributed by atoms with E-state index in [9.17, 15) is 13.2 Å². The zero-order chi connectivity index (χ0) is 16.3. The molecule has 1 atom stereocenters. The van der Waals surface area contributed by atoms with E-state index < -0.39 is 9.84 Å². The van der Waals surface area contributed by atoms with E-state index in [2.05, 4.69) is 0 Å². The molecule has 1 aliphatic rings. The molecule has 0 bridgehead atoms. The molecule has 2 rings (SSSR count). The second-order valence-electron chi connectivity index (χ2n) is 6.21. The highest BCUT2D eigenvalue weighted by atomic mass is 32.2. The first-order chi connectivity index (χ1) is 10.3. The molecular formula is C16H24N2O3S. The van der Waals surface area contributed by atoms with Gasteiger partial charge >= 0.3 is 0 Å². The van der Waals surface area contributed by atoms with Gasteiger partial charge in [-0.05, 0) is 26.0 Å². The standard InChI is InChI=1S/C16H24N2O3S/c1-13-4-6-14(7-5-13)10-18(3)16(19)11-17(2)15-8-9-22(20,21)12-15/h4-7,15H,8-12H2,1-3H3. The second-order valence-corrected chi connectivity index (χ2v) is 8.44. The summed E-state index contributed by atoms with van der Waals surface area (Å²) in [7, 11) is 0.686. The van der Waals surface area contributed by atoms with Crippen LogP contribution in [0.2, 0.25) is 0 Å². The minimum atomic E-state index is -2.92. The molecule has 1 saturated heterocycles. The molecule has 1 aromatic carbocycles. The molecule has 1 aliphatic heterocycles. The van der Waals surface area contributed by atoms with Crippen LogP contribution in [0, 0.1) is 6.92 Å². The lowest BCUT2D eigenvalue weighted by molar-refractivity contribution is -0.131. The summed E-state index contributed by atoms with van der Waals surface area (Å²) in [5.74, 6) is 0.404. The van der Waals surface area contributed by atoms with Crippen molar-refractivity contribution in [1.82, 2.24) is 9.80 Å². The Kier molecular flexibility index (Phi) is 5.24. The Morgan fingerprint density at radius 1 is 1.23 bits per heavy atom. The van der Waals surface area contributed by atoms with Crippen LogP contribution in [0.25, 0.3) is 0 Å². The molecule has 0 N–H and O–H groups in total. The fourth-order valence-corrected chi connectivity index (χ4v) is 4.45. The maximum absolute atomic E-state index is 12.3. The largest absolute Gasteiger partial charge is 0.340 e. The van der Waals surface area contributed by atoms with Gasteiger partial charge in [-0.25, -0.2) is 8.42 Å². The lowest BCUT2D eigenvalue weighted by atomic mass is 10.1. The van der Waals surface area contributed by atoms with Crippen molar-refractivity contribution in [2.75, 3.05) is 32.1 Å². The van der Waals surface area contributed by atoms with Gasteiger partial charge in [-0.3, -0.25) is 9.69 Å². The van der Waals surface area contributed by atoms with Crippen molar-refractivity contribution in [2.45, 2.75) is 25.9 Å². The van der Waals surface area contributed by atoms with Crippen molar-refractivity contribution < 1.29 is 13.2 Å². The Labute approximate surface area is 132 Å². The number of hydrogen-bond acceptors (Lipinski definition) is 4. The SMILES string of the molecule is Cc1ccc(CN(C)C(=O)CN(C)C2CCS(=O)(=O)C2)cc1. The number of rotatable bonds is 5. The summed E-state index contributed by atoms with van der Waals surface area (Å²) in [6.07, 6.45) is 0.619. The Bertz CT molecular complexity index is 625. The highest BCUT2D eigenvalue weighted by Gasteiger charge is 2.31. The maximum atomic E-state index is 12.3. The van der Waals surface area contributed by atoms with Crippen LogP contribution in [-0.4, -0.2) is 62.3 Å². The molecule has 5 nitrogen and oxygen atoms in total. The van der Waals surface area contributed by atoms with Crippen molar-refractivity contribution >= 4 is 15.7 Å². The maximum Gasteiger partial charge on any atom is 0.236 e. The summed E-state index contributed by atoms with van der Waals surface area (Å²) in [5.41, 5.74) is 2.28. The second kappa shape index (κ2) is 6.79. The molecule has 0 radical (unpaired) electrons. The summed E-state index contributed by atoms with van der Waals surface area (Å²) in [5, 5.41) is 0. The van der Waals surface area contributed by atoms with Crippen LogP contribution in [0.5, 0.6) is 0 Å². The smallest absolute Gasteiger partial charge is 0.236 e. The number of nitrogens with zero attached hydrogens (tertiary/aromatic N) is 2. The average molecular weight is 324 g/mol. The van der Waals surface area contributed by atoms with Crippen LogP contribution < -0.4 is 0 Å². The molecule has 0 spiro atoms. The average Bonchev–Trinajstić information content (AvgIpc) is 2.81. The van der Waals surface area contributed by atoms with E-state index >= 15 is 0 Å². The molecule has 0 aromatic heterocycles. The van der Waals surface area contributed by atoms with E-state index in [0.29, 0.717) is 13.0 Å². The van der Waals surface area contributed by atoms with Gasteiger partial charge in [-0.2, -0.15) is 0 Å². The summed E-state index contributed by atoms with van der Waals surface area (Å²) >= 11 is 0. The van der Waals surface area contributed by atoms with E-state index in [1.165, 1.54) is 5.56 Å². The van der Waals surface area contributed by atoms with Crippen LogP contribution >= 0.6 is 0 Å². The monoisotopic (exact) mass is 324 g/mol. The quantitative estimate of drug-likeness (QED) is 0.813. The van der Waals surface area contributed by atoms with Crippen molar-refractivity contribution in [3.63, 3.8) is 0 Å². The van der Waals surface area contributed by atoms with Gasteiger partial charge in [-0.15, -0.1) is 0 Å². The molecular weight excluding hydrogens is 300 g/mol. The molecule has 1 amide bonds. The van der Waals surface area contributed by atoms with Crippen LogP contribution in [0.1, 0.15) is 17.5 Å². The normalized spacial score (nSPS) is 20.3. The Balaban J connectivity index is 1.87. The van der Waals surface area contributed by atoms with Gasteiger partial charge in [0.25, 0.3) is 0 Å². The van der Waals surface area contributed by atoms with Crippen LogP contribution in [0.4, 0.5) is 0 Å². The number of benzene rings is 1. The van der Waals surface area contributed by atoms with Gasteiger partial charge in [0.1, 0.15) is 0 Å². The third kappa shape index (κ3) is 4.55. The third-order valence-electron chi connectivity index (χ3n) is 4.18. The first-order valence-corrected chi connectivity index (χ1v) is 9.29. The zero-order valence-corrected chi connectivity index (χ0v) is 14.3. The zero-order valence-electron chi connectivity index (χ0n) is 13.4. The minimum Gasteiger partial charge on any atom is -0.340 e. The van der Waals surface area contributed by atoms with Crippen molar-refractivity contribution in [3.05, 3.63) is 35.4 Å². The molecule has 22 heavy (non-hydrogen) atoms. The summed E-state index contributed by atoms with van der Waals surface area (Å²) in [6.45, 7) is 2.85. The number of aryl methyl sites for hydroxylation is 1. The first kappa shape index (κ1) is 17.0. The molecule has 1 fully saturated rings. The minimum absolute atomic E-state index is 0.00683. The number of likely N-dealkylation sites (N-methyl/N-ethyl adjacent to an activating group) is 2. The summed E-state index contributed by atoms with van der Waals surface area (Å²) < 4.78 is 23.0. The number of carbonyl (C=O) groups is 1. The highest BCUT2D eigenvalue weighted by Crippen LogP contribution is 2.16. The van der Waals surface area contributed by atoms with E-state index in [1.807, 2.05) is 43.1 Å². The van der Waals surface area contributed by atoms with Gasteiger partial charge < -0.3 is 4.90 Å². The van der Waals surface area contributed by atoms with Crippen molar-refractivity contribution in [3.8, 4) is 0 Å². The third-order valence-corrected chi connectivity index (χ3v) is 5.93. The summed E-state index contributed by atoms with van der Waals surface area (Å²) in [6, 6.07) is 8.06. The molecule has 0 saturated carbocycles. The van der Waals surface area contributed by atoms with Gasteiger partial charge in [0.2, 0.25) is 5.91 Å².